The summed E-state index contributed by atoms with van der Waals surface area (Å²) in [5.41, 5.74) is 8.27. The van der Waals surface area contributed by atoms with Crippen molar-refractivity contribution in [2.45, 2.75) is 26.2 Å². The monoisotopic (exact) mass is 780 g/mol. The molecule has 2 aliphatic heterocycles. The maximum absolute atomic E-state index is 4.68. The first-order valence-electron chi connectivity index (χ1n) is 14.8. The van der Waals surface area contributed by atoms with Crippen molar-refractivity contribution in [3.8, 4) is 22.5 Å². The van der Waals surface area contributed by atoms with E-state index >= 15 is 0 Å². The number of rotatable bonds is 2. The number of para-hydroxylation sites is 2. The van der Waals surface area contributed by atoms with Gasteiger partial charge < -0.3 is 14.9 Å². The molecule has 0 saturated carbocycles. The van der Waals surface area contributed by atoms with Crippen LogP contribution in [0.25, 0.3) is 22.5 Å². The van der Waals surface area contributed by atoms with Crippen molar-refractivity contribution in [2.24, 2.45) is 0 Å². The molecule has 0 fully saturated rings. The molecule has 0 N–H and O–H groups in total. The molecule has 1 radical (unpaired) electrons. The van der Waals surface area contributed by atoms with Crippen LogP contribution in [0.4, 0.5) is 17.1 Å². The summed E-state index contributed by atoms with van der Waals surface area (Å²) >= 11 is 0. The van der Waals surface area contributed by atoms with Gasteiger partial charge in [-0.25, -0.2) is 0 Å². The van der Waals surface area contributed by atoms with Crippen molar-refractivity contribution in [2.75, 3.05) is 4.90 Å². The molecule has 6 aromatic rings. The van der Waals surface area contributed by atoms with E-state index in [-0.39, 0.29) is 20.1 Å². The second kappa shape index (κ2) is 11.9. The molecule has 0 saturated heterocycles. The molecular weight excluding hydrogens is 747 g/mol. The maximum atomic E-state index is 4.68. The van der Waals surface area contributed by atoms with Crippen LogP contribution in [0.2, 0.25) is 26.2 Å². The summed E-state index contributed by atoms with van der Waals surface area (Å²) in [5, 5.41) is 5.91. The van der Waals surface area contributed by atoms with E-state index in [1.165, 1.54) is 37.8 Å². The van der Waals surface area contributed by atoms with Crippen molar-refractivity contribution in [3.05, 3.63) is 140 Å². The summed E-state index contributed by atoms with van der Waals surface area (Å²) in [4.78, 5) is 11.4. The minimum Gasteiger partial charge on any atom is -0.352 e. The minimum absolute atomic E-state index is 0. The molecular formula is C38H33IrN3Si2-2. The summed E-state index contributed by atoms with van der Waals surface area (Å²) < 4.78 is 0. The van der Waals surface area contributed by atoms with Crippen LogP contribution < -0.4 is 25.6 Å². The van der Waals surface area contributed by atoms with Crippen molar-refractivity contribution in [1.29, 1.82) is 0 Å². The number of hydrogen-bond donors (Lipinski definition) is 0. The first-order chi connectivity index (χ1) is 20.9. The predicted molar refractivity (Wildman–Crippen MR) is 185 cm³/mol. The average molecular weight is 780 g/mol. The van der Waals surface area contributed by atoms with Gasteiger partial charge in [-0.2, -0.15) is 0 Å². The average Bonchev–Trinajstić information content (AvgIpc) is 3.06. The molecule has 4 heterocycles. The van der Waals surface area contributed by atoms with Crippen LogP contribution >= 0.6 is 0 Å². The Bertz CT molecular complexity index is 1810. The zero-order valence-electron chi connectivity index (χ0n) is 25.3. The number of nitrogens with zero attached hydrogens (tertiary/aromatic N) is 3. The van der Waals surface area contributed by atoms with E-state index in [0.717, 1.165) is 22.5 Å². The minimum atomic E-state index is -1.94. The summed E-state index contributed by atoms with van der Waals surface area (Å²) in [6, 6.07) is 47.3. The fourth-order valence-electron chi connectivity index (χ4n) is 6.52. The van der Waals surface area contributed by atoms with E-state index < -0.39 is 16.1 Å². The van der Waals surface area contributed by atoms with Gasteiger partial charge in [-0.15, -0.1) is 64.0 Å². The van der Waals surface area contributed by atoms with Crippen molar-refractivity contribution in [1.82, 2.24) is 9.97 Å². The molecule has 8 rings (SSSR count). The molecule has 4 aromatic carbocycles. The van der Waals surface area contributed by atoms with Crippen LogP contribution in [0.15, 0.2) is 128 Å². The van der Waals surface area contributed by atoms with E-state index in [9.17, 15) is 0 Å². The summed E-state index contributed by atoms with van der Waals surface area (Å²) in [7, 11) is -3.84. The quantitative estimate of drug-likeness (QED) is 0.143. The van der Waals surface area contributed by atoms with Gasteiger partial charge in [0.15, 0.2) is 0 Å². The van der Waals surface area contributed by atoms with Crippen LogP contribution in [-0.2, 0) is 20.1 Å². The Kier molecular flexibility index (Phi) is 8.12. The van der Waals surface area contributed by atoms with Gasteiger partial charge >= 0.3 is 0 Å². The molecule has 3 nitrogen and oxygen atoms in total. The van der Waals surface area contributed by atoms with Gasteiger partial charge in [0, 0.05) is 43.9 Å². The Balaban J connectivity index is 0.000000222. The van der Waals surface area contributed by atoms with Crippen molar-refractivity contribution < 1.29 is 20.1 Å². The largest absolute Gasteiger partial charge is 0.352 e. The molecule has 6 heteroatoms. The Morgan fingerprint density at radius 2 is 1.11 bits per heavy atom. The fraction of sp³-hybridized carbons (Fsp3) is 0.105. The molecule has 2 aromatic heterocycles. The molecule has 44 heavy (non-hydrogen) atoms. The van der Waals surface area contributed by atoms with Crippen LogP contribution in [0.3, 0.4) is 0 Å². The van der Waals surface area contributed by atoms with Gasteiger partial charge in [0.1, 0.15) is 0 Å². The fourth-order valence-corrected chi connectivity index (χ4v) is 12.5. The van der Waals surface area contributed by atoms with Crippen molar-refractivity contribution in [3.63, 3.8) is 0 Å². The zero-order chi connectivity index (χ0) is 29.6. The second-order valence-electron chi connectivity index (χ2n) is 12.1. The molecule has 219 valence electrons. The third-order valence-corrected chi connectivity index (χ3v) is 15.7. The maximum Gasteiger partial charge on any atom is 0.0975 e. The molecule has 0 aliphatic carbocycles. The van der Waals surface area contributed by atoms with Gasteiger partial charge in [-0.1, -0.05) is 86.9 Å². The Labute approximate surface area is 276 Å². The second-order valence-corrected chi connectivity index (χ2v) is 20.8. The van der Waals surface area contributed by atoms with Crippen molar-refractivity contribution >= 4 is 54.0 Å². The first kappa shape index (κ1) is 30.1. The number of aromatic nitrogens is 2. The molecule has 0 spiro atoms. The van der Waals surface area contributed by atoms with E-state index in [1.807, 2.05) is 54.7 Å². The third-order valence-electron chi connectivity index (χ3n) is 8.79. The summed E-state index contributed by atoms with van der Waals surface area (Å²) in [6.07, 6.45) is 3.67. The number of fused-ring (bicyclic) bond motifs is 4. The first-order valence-corrected chi connectivity index (χ1v) is 20.8. The van der Waals surface area contributed by atoms with Gasteiger partial charge in [-0.3, -0.25) is 0 Å². The van der Waals surface area contributed by atoms with Gasteiger partial charge in [0.25, 0.3) is 0 Å². The van der Waals surface area contributed by atoms with Crippen LogP contribution in [-0.4, -0.2) is 26.1 Å². The predicted octanol–water partition coefficient (Wildman–Crippen LogP) is 6.84. The topological polar surface area (TPSA) is 29.0 Å². The van der Waals surface area contributed by atoms with E-state index in [4.69, 9.17) is 0 Å². The SMILES string of the molecule is C[Si]1(C)c2[c-]c(-c3ccccn3)cc3c2N(c2ccccc21)c1ccccc1[Si]3(C)C.[Ir].[c-]1ccccc1-c1ccccn1. The van der Waals surface area contributed by atoms with Gasteiger partial charge in [-0.05, 0) is 51.7 Å². The number of pyridine rings is 2. The Hall–Kier alpha value is -3.94. The molecule has 0 amide bonds. The molecule has 0 atom stereocenters. The Morgan fingerprint density at radius 1 is 0.568 bits per heavy atom. The van der Waals surface area contributed by atoms with Crippen LogP contribution in [0, 0.1) is 12.1 Å². The van der Waals surface area contributed by atoms with Crippen LogP contribution in [0.5, 0.6) is 0 Å². The van der Waals surface area contributed by atoms with Gasteiger partial charge in [0.05, 0.1) is 16.1 Å². The number of hydrogen-bond acceptors (Lipinski definition) is 3. The smallest absolute Gasteiger partial charge is 0.0975 e. The van der Waals surface area contributed by atoms with Gasteiger partial charge in [0.2, 0.25) is 0 Å². The third kappa shape index (κ3) is 5.02. The van der Waals surface area contributed by atoms with E-state index in [0.29, 0.717) is 0 Å². The summed E-state index contributed by atoms with van der Waals surface area (Å²) in [5.74, 6) is 0. The summed E-state index contributed by atoms with van der Waals surface area (Å²) in [6.45, 7) is 9.95. The molecule has 2 aliphatic rings. The number of anilines is 3. The standard InChI is InChI=1S/C27H25N2Si2.C11H8N.Ir/c1-30(2)23-14-7-5-12-21(23)29-22-13-6-8-15-24(22)31(3,4)26-18-19(17-25(30)27(26)29)20-11-9-10-16-28-20;1-2-6-10(7-3-1)11-8-4-5-9-12-11;/h5-17H,1-4H3;1-6,8-9H;/q2*-1;. The molecule has 0 bridgehead atoms. The van der Waals surface area contributed by atoms with Crippen LogP contribution in [0.1, 0.15) is 0 Å². The molecule has 0 unspecified atom stereocenters. The van der Waals surface area contributed by atoms with E-state index in [2.05, 4.69) is 120 Å². The zero-order valence-corrected chi connectivity index (χ0v) is 29.7. The Morgan fingerprint density at radius 3 is 1.68 bits per heavy atom. The number of benzene rings is 4. The van der Waals surface area contributed by atoms with E-state index in [1.54, 1.807) is 6.20 Å². The normalized spacial score (nSPS) is 14.5.